The molecule has 0 aliphatic carbocycles. The van der Waals surface area contributed by atoms with Gasteiger partial charge in [-0.3, -0.25) is 0 Å². The summed E-state index contributed by atoms with van der Waals surface area (Å²) in [5, 5.41) is -0.0563. The Kier molecular flexibility index (Phi) is 4.25. The van der Waals surface area contributed by atoms with E-state index in [0.29, 0.717) is 0 Å². The van der Waals surface area contributed by atoms with Crippen LogP contribution in [0.1, 0.15) is 17.0 Å². The summed E-state index contributed by atoms with van der Waals surface area (Å²) in [6.45, 7) is 3.90. The number of hydrogen-bond donors (Lipinski definition) is 0. The third-order valence-electron chi connectivity index (χ3n) is 2.63. The number of alkyl halides is 3. The van der Waals surface area contributed by atoms with E-state index < -0.39 is 12.0 Å². The Morgan fingerprint density at radius 2 is 1.75 bits per heavy atom. The molecule has 0 unspecified atom stereocenters. The number of hydrogen-bond acceptors (Lipinski definition) is 3. The summed E-state index contributed by atoms with van der Waals surface area (Å²) in [4.78, 5) is 7.49. The van der Waals surface area contributed by atoms with Crippen LogP contribution in [0, 0.1) is 13.8 Å². The molecule has 2 aromatic rings. The fraction of sp³-hybridized carbons (Fsp3) is 0.231. The molecule has 0 aliphatic rings. The van der Waals surface area contributed by atoms with Gasteiger partial charge in [-0.25, -0.2) is 9.97 Å². The summed E-state index contributed by atoms with van der Waals surface area (Å²) in [6, 6.07) is 6.95. The smallest absolute Gasteiger partial charge is 0.217 e. The highest BCUT2D eigenvalue weighted by Gasteiger charge is 2.35. The van der Waals surface area contributed by atoms with Gasteiger partial charge in [-0.2, -0.15) is 13.2 Å². The van der Waals surface area contributed by atoms with Crippen molar-refractivity contribution in [3.63, 3.8) is 0 Å². The van der Waals surface area contributed by atoms with E-state index in [9.17, 15) is 13.2 Å². The summed E-state index contributed by atoms with van der Waals surface area (Å²) in [5.74, 6) is -1.23. The van der Waals surface area contributed by atoms with Crippen molar-refractivity contribution >= 4 is 23.4 Å². The molecule has 0 fully saturated rings. The van der Waals surface area contributed by atoms with Crippen LogP contribution in [0.4, 0.5) is 13.2 Å². The average molecular weight is 319 g/mol. The van der Waals surface area contributed by atoms with E-state index in [4.69, 9.17) is 11.6 Å². The second kappa shape index (κ2) is 5.61. The van der Waals surface area contributed by atoms with E-state index in [1.54, 1.807) is 0 Å². The second-order valence-electron chi connectivity index (χ2n) is 4.20. The number of rotatable bonds is 2. The molecule has 0 N–H and O–H groups in total. The molecule has 1 aromatic heterocycles. The molecular weight excluding hydrogens is 309 g/mol. The minimum Gasteiger partial charge on any atom is -0.217 e. The Morgan fingerprint density at radius 3 is 2.35 bits per heavy atom. The molecule has 0 atom stereocenters. The maximum Gasteiger partial charge on any atom is 0.451 e. The van der Waals surface area contributed by atoms with Gasteiger partial charge in [0.15, 0.2) is 0 Å². The van der Waals surface area contributed by atoms with Crippen LogP contribution < -0.4 is 0 Å². The molecule has 0 saturated heterocycles. The van der Waals surface area contributed by atoms with Gasteiger partial charge in [0, 0.05) is 11.0 Å². The van der Waals surface area contributed by atoms with Crippen molar-refractivity contribution in [1.29, 1.82) is 0 Å². The zero-order valence-electron chi connectivity index (χ0n) is 10.6. The number of benzene rings is 1. The zero-order valence-corrected chi connectivity index (χ0v) is 12.2. The molecule has 0 spiro atoms. The minimum absolute atomic E-state index is 0.167. The fourth-order valence-electron chi connectivity index (χ4n) is 1.47. The Balaban J connectivity index is 2.33. The van der Waals surface area contributed by atoms with E-state index >= 15 is 0 Å². The highest BCUT2D eigenvalue weighted by atomic mass is 35.5. The highest BCUT2D eigenvalue weighted by molar-refractivity contribution is 7.99. The second-order valence-corrected chi connectivity index (χ2v) is 5.68. The van der Waals surface area contributed by atoms with Gasteiger partial charge in [0.25, 0.3) is 0 Å². The van der Waals surface area contributed by atoms with Crippen molar-refractivity contribution in [1.82, 2.24) is 9.97 Å². The van der Waals surface area contributed by atoms with E-state index in [0.717, 1.165) is 27.8 Å². The van der Waals surface area contributed by atoms with Crippen LogP contribution in [-0.4, -0.2) is 9.97 Å². The molecule has 20 heavy (non-hydrogen) atoms. The SMILES string of the molecule is Cc1ccc(Sc2cc(Cl)nc(C(F)(F)F)n2)cc1C. The van der Waals surface area contributed by atoms with Crippen LogP contribution in [0.3, 0.4) is 0 Å². The molecule has 0 amide bonds. The van der Waals surface area contributed by atoms with Gasteiger partial charge in [0.1, 0.15) is 10.2 Å². The number of halogens is 4. The molecule has 106 valence electrons. The molecule has 0 saturated carbocycles. The van der Waals surface area contributed by atoms with Crippen LogP contribution in [0.2, 0.25) is 5.15 Å². The lowest BCUT2D eigenvalue weighted by Gasteiger charge is -2.08. The van der Waals surface area contributed by atoms with Crippen molar-refractivity contribution in [3.8, 4) is 0 Å². The van der Waals surface area contributed by atoms with Gasteiger partial charge < -0.3 is 0 Å². The highest BCUT2D eigenvalue weighted by Crippen LogP contribution is 2.32. The number of aromatic nitrogens is 2. The summed E-state index contributed by atoms with van der Waals surface area (Å²) < 4.78 is 37.8. The quantitative estimate of drug-likeness (QED) is 0.735. The molecule has 2 nitrogen and oxygen atoms in total. The minimum atomic E-state index is -4.61. The predicted molar refractivity (Wildman–Crippen MR) is 72.1 cm³/mol. The molecule has 0 radical (unpaired) electrons. The lowest BCUT2D eigenvalue weighted by Crippen LogP contribution is -2.11. The van der Waals surface area contributed by atoms with Gasteiger partial charge in [-0.05, 0) is 37.1 Å². The van der Waals surface area contributed by atoms with E-state index in [2.05, 4.69) is 9.97 Å². The largest absolute Gasteiger partial charge is 0.451 e. The van der Waals surface area contributed by atoms with Gasteiger partial charge in [0.05, 0.1) is 0 Å². The third kappa shape index (κ3) is 3.64. The van der Waals surface area contributed by atoms with E-state index in [-0.39, 0.29) is 10.2 Å². The van der Waals surface area contributed by atoms with Crippen molar-refractivity contribution in [2.75, 3.05) is 0 Å². The Hall–Kier alpha value is -1.27. The summed E-state index contributed by atoms with van der Waals surface area (Å²) >= 11 is 6.73. The van der Waals surface area contributed by atoms with Gasteiger partial charge in [-0.1, -0.05) is 29.4 Å². The van der Waals surface area contributed by atoms with Crippen molar-refractivity contribution in [2.24, 2.45) is 0 Å². The van der Waals surface area contributed by atoms with Crippen LogP contribution >= 0.6 is 23.4 Å². The Morgan fingerprint density at radius 1 is 1.05 bits per heavy atom. The molecule has 7 heteroatoms. The molecule has 0 aliphatic heterocycles. The lowest BCUT2D eigenvalue weighted by molar-refractivity contribution is -0.145. The first-order chi connectivity index (χ1) is 9.25. The maximum absolute atomic E-state index is 12.6. The maximum atomic E-state index is 12.6. The monoisotopic (exact) mass is 318 g/mol. The first kappa shape index (κ1) is 15.1. The summed E-state index contributed by atoms with van der Waals surface area (Å²) in [7, 11) is 0. The zero-order chi connectivity index (χ0) is 14.9. The van der Waals surface area contributed by atoms with Crippen LogP contribution in [0.25, 0.3) is 0 Å². The summed E-state index contributed by atoms with van der Waals surface area (Å²) in [6.07, 6.45) is -4.61. The van der Waals surface area contributed by atoms with Gasteiger partial charge >= 0.3 is 6.18 Å². The first-order valence-corrected chi connectivity index (χ1v) is 6.82. The Labute approximate surface area is 123 Å². The molecule has 1 heterocycles. The van der Waals surface area contributed by atoms with Gasteiger partial charge in [-0.15, -0.1) is 0 Å². The number of aryl methyl sites for hydroxylation is 2. The third-order valence-corrected chi connectivity index (χ3v) is 3.73. The van der Waals surface area contributed by atoms with Crippen LogP contribution in [0.5, 0.6) is 0 Å². The fourth-order valence-corrected chi connectivity index (χ4v) is 2.64. The summed E-state index contributed by atoms with van der Waals surface area (Å²) in [5.41, 5.74) is 2.18. The topological polar surface area (TPSA) is 25.8 Å². The van der Waals surface area contributed by atoms with Crippen molar-refractivity contribution < 1.29 is 13.2 Å². The Bertz CT molecular complexity index is 644. The molecule has 2 rings (SSSR count). The molecular formula is C13H10ClF3N2S. The van der Waals surface area contributed by atoms with E-state index in [1.807, 2.05) is 32.0 Å². The van der Waals surface area contributed by atoms with Crippen molar-refractivity contribution in [2.45, 2.75) is 29.9 Å². The van der Waals surface area contributed by atoms with Gasteiger partial charge in [0.2, 0.25) is 5.82 Å². The van der Waals surface area contributed by atoms with Crippen molar-refractivity contribution in [3.05, 3.63) is 46.4 Å². The van der Waals surface area contributed by atoms with Crippen LogP contribution in [-0.2, 0) is 6.18 Å². The normalized spacial score (nSPS) is 11.7. The first-order valence-electron chi connectivity index (χ1n) is 5.62. The average Bonchev–Trinajstić information content (AvgIpc) is 2.32. The predicted octanol–water partition coefficient (Wildman–Crippen LogP) is 4.92. The lowest BCUT2D eigenvalue weighted by atomic mass is 10.1. The molecule has 0 bridgehead atoms. The number of nitrogens with zero attached hydrogens (tertiary/aromatic N) is 2. The van der Waals surface area contributed by atoms with Crippen LogP contribution in [0.15, 0.2) is 34.2 Å². The standard InChI is InChI=1S/C13H10ClF3N2S/c1-7-3-4-9(5-8(7)2)20-11-6-10(14)18-12(19-11)13(15,16)17/h3-6H,1-2H3. The molecule has 1 aromatic carbocycles. The van der Waals surface area contributed by atoms with E-state index in [1.165, 1.54) is 6.07 Å².